The number of rotatable bonds is 13. The van der Waals surface area contributed by atoms with Gasteiger partial charge in [0.25, 0.3) is 0 Å². The molecule has 5 unspecified atom stereocenters. The van der Waals surface area contributed by atoms with Crippen molar-refractivity contribution in [2.75, 3.05) is 27.3 Å². The lowest BCUT2D eigenvalue weighted by Crippen LogP contribution is -2.62. The maximum absolute atomic E-state index is 12.8. The standard InChI is InChI=1S/C26H40NO4.CH4O4S/c1-3-4-5-6-7-8-12-15-27(2)22-16-20(17-23(27)25-24(22)31-25)30-26(29)21(18-28)19-13-10-9-11-14-19;1-5-6(2,3)4/h9-11,13-14,20-25,28H,3-8,12,15-18H2,1-2H3;1H3,(H,2,3,4)/q+1;/p-1. The molecule has 0 saturated carbocycles. The summed E-state index contributed by atoms with van der Waals surface area (Å²) in [5.41, 5.74) is 0.819. The smallest absolute Gasteiger partial charge is 0.316 e. The van der Waals surface area contributed by atoms with Crippen molar-refractivity contribution in [2.24, 2.45) is 0 Å². The number of epoxide rings is 1. The van der Waals surface area contributed by atoms with Crippen LogP contribution in [0.15, 0.2) is 30.3 Å². The van der Waals surface area contributed by atoms with Crippen molar-refractivity contribution in [2.45, 2.75) is 101 Å². The summed E-state index contributed by atoms with van der Waals surface area (Å²) in [7, 11) is -1.20. The van der Waals surface area contributed by atoms with Gasteiger partial charge in [0.1, 0.15) is 36.3 Å². The number of fused-ring (bicyclic) bond motifs is 5. The number of hydrogen-bond donors (Lipinski definition) is 1. The minimum atomic E-state index is -4.41. The van der Waals surface area contributed by atoms with Crippen molar-refractivity contribution < 1.29 is 41.0 Å². The van der Waals surface area contributed by atoms with E-state index in [-0.39, 0.29) is 18.7 Å². The van der Waals surface area contributed by atoms with Crippen molar-refractivity contribution in [3.05, 3.63) is 35.9 Å². The van der Waals surface area contributed by atoms with Gasteiger partial charge in [-0.1, -0.05) is 69.4 Å². The summed E-state index contributed by atoms with van der Waals surface area (Å²) in [6.45, 7) is 3.26. The molecule has 1 aromatic rings. The molecular weight excluding hydrogens is 498 g/mol. The van der Waals surface area contributed by atoms with Crippen molar-refractivity contribution in [1.29, 1.82) is 0 Å². The lowest BCUT2D eigenvalue weighted by Gasteiger charge is -2.48. The van der Waals surface area contributed by atoms with Crippen LogP contribution in [0.4, 0.5) is 0 Å². The molecule has 3 heterocycles. The molecule has 1 N–H and O–H groups in total. The Kier molecular flexibility index (Phi) is 10.9. The van der Waals surface area contributed by atoms with E-state index in [4.69, 9.17) is 9.47 Å². The van der Waals surface area contributed by atoms with E-state index < -0.39 is 16.3 Å². The summed E-state index contributed by atoms with van der Waals surface area (Å²) in [5, 5.41) is 9.79. The van der Waals surface area contributed by atoms with Crippen LogP contribution in [0.2, 0.25) is 0 Å². The molecule has 4 rings (SSSR count). The van der Waals surface area contributed by atoms with Gasteiger partial charge in [0.15, 0.2) is 0 Å². The number of unbranched alkanes of at least 4 members (excludes halogenated alkanes) is 6. The highest BCUT2D eigenvalue weighted by Gasteiger charge is 2.71. The third kappa shape index (κ3) is 7.97. The van der Waals surface area contributed by atoms with Crippen LogP contribution < -0.4 is 0 Å². The highest BCUT2D eigenvalue weighted by Crippen LogP contribution is 2.53. The zero-order chi connectivity index (χ0) is 27.1. The first kappa shape index (κ1) is 30.0. The van der Waals surface area contributed by atoms with E-state index in [1.807, 2.05) is 30.3 Å². The minimum absolute atomic E-state index is 0.0584. The maximum atomic E-state index is 12.8. The van der Waals surface area contributed by atoms with Gasteiger partial charge >= 0.3 is 5.97 Å². The predicted molar refractivity (Wildman–Crippen MR) is 137 cm³/mol. The number of ether oxygens (including phenoxy) is 2. The number of morpholine rings is 1. The summed E-state index contributed by atoms with van der Waals surface area (Å²) in [6, 6.07) is 10.3. The number of likely N-dealkylation sites (N-methyl/N-ethyl adjacent to an activating group) is 1. The third-order valence-electron chi connectivity index (χ3n) is 8.24. The van der Waals surface area contributed by atoms with Crippen LogP contribution in [0.25, 0.3) is 0 Å². The Morgan fingerprint density at radius 2 is 1.62 bits per heavy atom. The first-order valence-electron chi connectivity index (χ1n) is 13.5. The van der Waals surface area contributed by atoms with Gasteiger partial charge in [-0.05, 0) is 18.4 Å². The Hall–Kier alpha value is -1.56. The van der Waals surface area contributed by atoms with E-state index in [1.165, 1.54) is 51.5 Å². The molecule has 0 spiro atoms. The fourth-order valence-electron chi connectivity index (χ4n) is 6.14. The van der Waals surface area contributed by atoms with Crippen molar-refractivity contribution in [1.82, 2.24) is 0 Å². The van der Waals surface area contributed by atoms with Gasteiger partial charge in [-0.3, -0.25) is 8.98 Å². The Balaban J connectivity index is 0.000000568. The number of carbonyl (C=O) groups is 1. The van der Waals surface area contributed by atoms with Crippen molar-refractivity contribution >= 4 is 16.4 Å². The topological polar surface area (TPSA) is 125 Å². The van der Waals surface area contributed by atoms with E-state index in [0.717, 1.165) is 30.0 Å². The molecular formula is C27H43NO8S. The maximum Gasteiger partial charge on any atom is 0.316 e. The van der Waals surface area contributed by atoms with Crippen molar-refractivity contribution in [3.63, 3.8) is 0 Å². The van der Waals surface area contributed by atoms with E-state index >= 15 is 0 Å². The largest absolute Gasteiger partial charge is 0.726 e. The number of aliphatic hydroxyl groups excluding tert-OH is 1. The van der Waals surface area contributed by atoms with Crippen LogP contribution in [0.1, 0.15) is 76.2 Å². The molecule has 37 heavy (non-hydrogen) atoms. The summed E-state index contributed by atoms with van der Waals surface area (Å²) in [5.74, 6) is -0.893. The Bertz CT molecular complexity index is 938. The molecule has 0 amide bonds. The van der Waals surface area contributed by atoms with Crippen LogP contribution in [0.5, 0.6) is 0 Å². The number of carbonyl (C=O) groups excluding carboxylic acids is 1. The zero-order valence-corrected chi connectivity index (χ0v) is 23.1. The number of hydrogen-bond acceptors (Lipinski definition) is 8. The summed E-state index contributed by atoms with van der Waals surface area (Å²) >= 11 is 0. The third-order valence-corrected chi connectivity index (χ3v) is 8.65. The van der Waals surface area contributed by atoms with Gasteiger partial charge in [-0.2, -0.15) is 0 Å². The number of piperidine rings is 1. The molecule has 3 aliphatic heterocycles. The second-order valence-electron chi connectivity index (χ2n) is 10.6. The predicted octanol–water partition coefficient (Wildman–Crippen LogP) is 3.28. The highest BCUT2D eigenvalue weighted by atomic mass is 32.3. The van der Waals surface area contributed by atoms with E-state index in [0.29, 0.717) is 24.3 Å². The average Bonchev–Trinajstić information content (AvgIpc) is 3.63. The molecule has 3 aliphatic rings. The monoisotopic (exact) mass is 541 g/mol. The van der Waals surface area contributed by atoms with Crippen LogP contribution in [-0.4, -0.2) is 86.2 Å². The van der Waals surface area contributed by atoms with E-state index in [1.54, 1.807) is 0 Å². The number of benzene rings is 1. The molecule has 5 atom stereocenters. The summed E-state index contributed by atoms with van der Waals surface area (Å²) in [6.07, 6.45) is 11.8. The summed E-state index contributed by atoms with van der Waals surface area (Å²) < 4.78 is 44.1. The quantitative estimate of drug-likeness (QED) is 0.101. The molecule has 0 aromatic heterocycles. The highest BCUT2D eigenvalue weighted by molar-refractivity contribution is 7.80. The van der Waals surface area contributed by atoms with Gasteiger partial charge in [-0.25, -0.2) is 8.42 Å². The fourth-order valence-corrected chi connectivity index (χ4v) is 6.14. The SMILES string of the molecule is CCCCCCCCC[N+]1(C)C2CC(OC(=O)C(CO)c3ccccc3)CC1C1OC12.COS(=O)(=O)[O-]. The second-order valence-corrected chi connectivity index (χ2v) is 11.8. The molecule has 210 valence electrons. The number of quaternary nitrogens is 1. The Morgan fingerprint density at radius 1 is 1.08 bits per heavy atom. The number of esters is 1. The van der Waals surface area contributed by atoms with Crippen LogP contribution in [0.3, 0.4) is 0 Å². The minimum Gasteiger partial charge on any atom is -0.726 e. The normalized spacial score (nSPS) is 30.6. The molecule has 10 heteroatoms. The first-order chi connectivity index (χ1) is 17.6. The van der Waals surface area contributed by atoms with Gasteiger partial charge in [0, 0.05) is 12.8 Å². The molecule has 3 saturated heterocycles. The Labute approximate surface area is 221 Å². The second kappa shape index (κ2) is 13.5. The van der Waals surface area contributed by atoms with E-state index in [9.17, 15) is 22.9 Å². The molecule has 1 aromatic carbocycles. The average molecular weight is 542 g/mol. The fraction of sp³-hybridized carbons (Fsp3) is 0.741. The lowest BCUT2D eigenvalue weighted by atomic mass is 9.94. The van der Waals surface area contributed by atoms with Crippen LogP contribution in [-0.2, 0) is 28.9 Å². The zero-order valence-electron chi connectivity index (χ0n) is 22.3. The van der Waals surface area contributed by atoms with Crippen LogP contribution >= 0.6 is 0 Å². The van der Waals surface area contributed by atoms with Gasteiger partial charge in [0.05, 0.1) is 27.3 Å². The van der Waals surface area contributed by atoms with E-state index in [2.05, 4.69) is 18.2 Å². The molecule has 3 fully saturated rings. The van der Waals surface area contributed by atoms with Crippen molar-refractivity contribution in [3.8, 4) is 0 Å². The van der Waals surface area contributed by atoms with Gasteiger partial charge in [-0.15, -0.1) is 0 Å². The molecule has 0 radical (unpaired) electrons. The first-order valence-corrected chi connectivity index (χ1v) is 14.9. The number of nitrogens with zero attached hydrogens (tertiary/aromatic N) is 1. The van der Waals surface area contributed by atoms with Gasteiger partial charge < -0.3 is 23.6 Å². The molecule has 2 bridgehead atoms. The lowest BCUT2D eigenvalue weighted by molar-refractivity contribution is -0.956. The Morgan fingerprint density at radius 3 is 2.14 bits per heavy atom. The molecule has 9 nitrogen and oxygen atoms in total. The molecule has 0 aliphatic carbocycles. The van der Waals surface area contributed by atoms with Crippen LogP contribution in [0, 0.1) is 0 Å². The number of aliphatic hydroxyl groups is 1. The summed E-state index contributed by atoms with van der Waals surface area (Å²) in [4.78, 5) is 12.8. The van der Waals surface area contributed by atoms with Gasteiger partial charge in [0.2, 0.25) is 10.4 Å².